The van der Waals surface area contributed by atoms with Crippen molar-refractivity contribution < 1.29 is 9.59 Å². The van der Waals surface area contributed by atoms with Crippen LogP contribution in [0.25, 0.3) is 16.6 Å². The molecule has 0 aliphatic heterocycles. The van der Waals surface area contributed by atoms with E-state index in [4.69, 9.17) is 0 Å². The van der Waals surface area contributed by atoms with Crippen LogP contribution in [0.1, 0.15) is 0 Å². The topological polar surface area (TPSA) is 88.0 Å². The molecule has 0 radical (unpaired) electrons. The fraction of sp³-hybridized carbons (Fsp3) is 0.118. The summed E-state index contributed by atoms with van der Waals surface area (Å²) in [4.78, 5) is 22.8. The number of amides is 3. The maximum absolute atomic E-state index is 11.8. The summed E-state index contributed by atoms with van der Waals surface area (Å²) >= 11 is 0. The van der Waals surface area contributed by atoms with Gasteiger partial charge in [0.05, 0.1) is 23.9 Å². The van der Waals surface area contributed by atoms with Gasteiger partial charge in [0.1, 0.15) is 0 Å². The number of benzene rings is 2. The number of urea groups is 1. The van der Waals surface area contributed by atoms with Gasteiger partial charge in [0.15, 0.2) is 0 Å². The molecule has 0 saturated carbocycles. The van der Waals surface area contributed by atoms with Crippen LogP contribution >= 0.6 is 0 Å². The number of carbonyl (C=O) groups is 2. The molecule has 3 N–H and O–H groups in total. The Bertz CT molecular complexity index is 870. The molecule has 0 aliphatic rings. The number of para-hydroxylation sites is 1. The molecule has 1 heterocycles. The molecule has 24 heavy (non-hydrogen) atoms. The molecule has 7 nitrogen and oxygen atoms in total. The Kier molecular flexibility index (Phi) is 4.42. The van der Waals surface area contributed by atoms with Crippen molar-refractivity contribution >= 4 is 28.5 Å². The minimum Gasteiger partial charge on any atom is -0.341 e. The van der Waals surface area contributed by atoms with Gasteiger partial charge in [-0.15, -0.1) is 0 Å². The number of rotatable bonds is 4. The third kappa shape index (κ3) is 3.35. The monoisotopic (exact) mass is 323 g/mol. The first kappa shape index (κ1) is 15.5. The van der Waals surface area contributed by atoms with Gasteiger partial charge in [0.2, 0.25) is 5.91 Å². The van der Waals surface area contributed by atoms with Gasteiger partial charge in [-0.1, -0.05) is 18.2 Å². The molecule has 0 atom stereocenters. The molecule has 0 saturated heterocycles. The summed E-state index contributed by atoms with van der Waals surface area (Å²) in [6, 6.07) is 14.9. The molecule has 2 aromatic carbocycles. The molecule has 0 unspecified atom stereocenters. The summed E-state index contributed by atoms with van der Waals surface area (Å²) in [5.74, 6) is -0.295. The average Bonchev–Trinajstić information content (AvgIpc) is 3.04. The molecule has 0 spiro atoms. The highest BCUT2D eigenvalue weighted by Crippen LogP contribution is 2.19. The number of aromatic nitrogens is 2. The zero-order valence-corrected chi connectivity index (χ0v) is 13.1. The van der Waals surface area contributed by atoms with Gasteiger partial charge in [-0.05, 0) is 30.3 Å². The Morgan fingerprint density at radius 3 is 2.58 bits per heavy atom. The molecule has 0 bridgehead atoms. The normalized spacial score (nSPS) is 10.4. The van der Waals surface area contributed by atoms with Gasteiger partial charge in [0.25, 0.3) is 0 Å². The zero-order chi connectivity index (χ0) is 16.9. The van der Waals surface area contributed by atoms with E-state index >= 15 is 0 Å². The highest BCUT2D eigenvalue weighted by molar-refractivity contribution is 5.94. The van der Waals surface area contributed by atoms with Crippen LogP contribution in [0.2, 0.25) is 0 Å². The fourth-order valence-electron chi connectivity index (χ4n) is 2.32. The minimum atomic E-state index is -0.397. The first-order chi connectivity index (χ1) is 11.7. The van der Waals surface area contributed by atoms with Gasteiger partial charge >= 0.3 is 6.03 Å². The highest BCUT2D eigenvalue weighted by Gasteiger charge is 2.06. The Balaban J connectivity index is 1.69. The van der Waals surface area contributed by atoms with E-state index in [-0.39, 0.29) is 12.5 Å². The van der Waals surface area contributed by atoms with E-state index < -0.39 is 6.03 Å². The third-order valence-corrected chi connectivity index (χ3v) is 3.51. The van der Waals surface area contributed by atoms with Crippen LogP contribution in [0, 0.1) is 0 Å². The van der Waals surface area contributed by atoms with Crippen molar-refractivity contribution in [3.8, 4) is 5.69 Å². The average molecular weight is 323 g/mol. The van der Waals surface area contributed by atoms with Crippen LogP contribution in [-0.4, -0.2) is 35.3 Å². The van der Waals surface area contributed by atoms with Crippen molar-refractivity contribution in [3.05, 3.63) is 54.7 Å². The summed E-state index contributed by atoms with van der Waals surface area (Å²) in [7, 11) is 1.49. The van der Waals surface area contributed by atoms with Crippen molar-refractivity contribution in [3.63, 3.8) is 0 Å². The second-order valence-corrected chi connectivity index (χ2v) is 5.14. The van der Waals surface area contributed by atoms with Crippen LogP contribution in [-0.2, 0) is 4.79 Å². The number of carbonyl (C=O) groups excluding carboxylic acids is 2. The van der Waals surface area contributed by atoms with E-state index in [0.29, 0.717) is 5.69 Å². The van der Waals surface area contributed by atoms with E-state index in [1.165, 1.54) is 7.05 Å². The highest BCUT2D eigenvalue weighted by atomic mass is 16.2. The van der Waals surface area contributed by atoms with Gasteiger partial charge in [-0.3, -0.25) is 4.79 Å². The van der Waals surface area contributed by atoms with E-state index in [2.05, 4.69) is 21.0 Å². The number of nitrogens with zero attached hydrogens (tertiary/aromatic N) is 2. The largest absolute Gasteiger partial charge is 0.341 e. The Morgan fingerprint density at radius 1 is 1.08 bits per heavy atom. The lowest BCUT2D eigenvalue weighted by Gasteiger charge is -2.08. The maximum atomic E-state index is 11.8. The van der Waals surface area contributed by atoms with E-state index in [9.17, 15) is 9.59 Å². The Morgan fingerprint density at radius 2 is 1.83 bits per heavy atom. The van der Waals surface area contributed by atoms with E-state index in [1.54, 1.807) is 12.1 Å². The number of hydrogen-bond donors (Lipinski definition) is 3. The summed E-state index contributed by atoms with van der Waals surface area (Å²) in [6.07, 6.45) is 1.81. The lowest BCUT2D eigenvalue weighted by atomic mass is 10.2. The fourth-order valence-corrected chi connectivity index (χ4v) is 2.32. The molecular formula is C17H17N5O2. The van der Waals surface area contributed by atoms with Crippen LogP contribution in [0.3, 0.4) is 0 Å². The van der Waals surface area contributed by atoms with Crippen LogP contribution < -0.4 is 16.0 Å². The molecule has 3 aromatic rings. The standard InChI is InChI=1S/C17H17N5O2/c1-18-17(24)19-11-16(23)21-13-6-8-14(9-7-13)22-15-5-3-2-4-12(15)10-20-22/h2-10H,11H2,1H3,(H,21,23)(H2,18,19,24). The van der Waals surface area contributed by atoms with Crippen molar-refractivity contribution in [2.45, 2.75) is 0 Å². The van der Waals surface area contributed by atoms with E-state index in [0.717, 1.165) is 16.6 Å². The lowest BCUT2D eigenvalue weighted by molar-refractivity contribution is -0.115. The zero-order valence-electron chi connectivity index (χ0n) is 13.1. The van der Waals surface area contributed by atoms with Gasteiger partial charge in [-0.25, -0.2) is 9.48 Å². The predicted molar refractivity (Wildman–Crippen MR) is 92.2 cm³/mol. The second kappa shape index (κ2) is 6.82. The lowest BCUT2D eigenvalue weighted by Crippen LogP contribution is -2.38. The van der Waals surface area contributed by atoms with Crippen molar-refractivity contribution in [1.29, 1.82) is 0 Å². The molecular weight excluding hydrogens is 306 g/mol. The minimum absolute atomic E-state index is 0.0920. The Labute approximate surface area is 138 Å². The SMILES string of the molecule is CNC(=O)NCC(=O)Nc1ccc(-n2ncc3ccccc32)cc1. The van der Waals surface area contributed by atoms with E-state index in [1.807, 2.05) is 47.3 Å². The summed E-state index contributed by atoms with van der Waals surface area (Å²) < 4.78 is 1.84. The van der Waals surface area contributed by atoms with Crippen LogP contribution in [0.5, 0.6) is 0 Å². The van der Waals surface area contributed by atoms with Crippen LogP contribution in [0.4, 0.5) is 10.5 Å². The number of nitrogens with one attached hydrogen (secondary N) is 3. The molecule has 3 rings (SSSR count). The molecule has 7 heteroatoms. The first-order valence-electron chi connectivity index (χ1n) is 7.46. The number of anilines is 1. The smallest absolute Gasteiger partial charge is 0.314 e. The van der Waals surface area contributed by atoms with Gasteiger partial charge in [0, 0.05) is 18.1 Å². The van der Waals surface area contributed by atoms with Crippen molar-refractivity contribution in [2.75, 3.05) is 18.9 Å². The molecule has 0 fully saturated rings. The molecule has 122 valence electrons. The van der Waals surface area contributed by atoms with Crippen molar-refractivity contribution in [2.24, 2.45) is 0 Å². The van der Waals surface area contributed by atoms with Gasteiger partial charge in [-0.2, -0.15) is 5.10 Å². The summed E-state index contributed by atoms with van der Waals surface area (Å²) in [6.45, 7) is -0.0920. The predicted octanol–water partition coefficient (Wildman–Crippen LogP) is 1.89. The maximum Gasteiger partial charge on any atom is 0.314 e. The first-order valence-corrected chi connectivity index (χ1v) is 7.46. The molecule has 0 aliphatic carbocycles. The van der Waals surface area contributed by atoms with Gasteiger partial charge < -0.3 is 16.0 Å². The molecule has 1 aromatic heterocycles. The Hall–Kier alpha value is -3.35. The van der Waals surface area contributed by atoms with Crippen molar-refractivity contribution in [1.82, 2.24) is 20.4 Å². The third-order valence-electron chi connectivity index (χ3n) is 3.51. The van der Waals surface area contributed by atoms with Crippen LogP contribution in [0.15, 0.2) is 54.7 Å². The quantitative estimate of drug-likeness (QED) is 0.685. The number of hydrogen-bond acceptors (Lipinski definition) is 3. The summed E-state index contributed by atoms with van der Waals surface area (Å²) in [5.41, 5.74) is 2.57. The molecule has 3 amide bonds. The number of fused-ring (bicyclic) bond motifs is 1. The summed E-state index contributed by atoms with van der Waals surface area (Å²) in [5, 5.41) is 13.0. The second-order valence-electron chi connectivity index (χ2n) is 5.14.